The van der Waals surface area contributed by atoms with Gasteiger partial charge in [0.2, 0.25) is 0 Å². The maximum Gasteiger partial charge on any atom is 0.421 e. The summed E-state index contributed by atoms with van der Waals surface area (Å²) in [5.74, 6) is 0. The third-order valence-electron chi connectivity index (χ3n) is 16.6. The second-order valence-electron chi connectivity index (χ2n) is 23.8. The van der Waals surface area contributed by atoms with E-state index in [1.165, 1.54) is 134 Å². The minimum Gasteiger partial charge on any atom is -0.359 e. The van der Waals surface area contributed by atoms with E-state index >= 15 is 0 Å². The van der Waals surface area contributed by atoms with Crippen molar-refractivity contribution in [3.63, 3.8) is 0 Å². The number of rotatable bonds is 0. The Bertz CT molecular complexity index is 3160. The van der Waals surface area contributed by atoms with Crippen LogP contribution in [0.4, 0.5) is 45.5 Å². The van der Waals surface area contributed by atoms with Gasteiger partial charge in [-0.25, -0.2) is 0 Å². The molecule has 0 aliphatic carbocycles. The van der Waals surface area contributed by atoms with Gasteiger partial charge >= 0.3 is 14.0 Å². The molecule has 7 aromatic rings. The lowest BCUT2D eigenvalue weighted by Crippen LogP contribution is -2.58. The number of hydrogen-bond donors (Lipinski definition) is 0. The normalized spacial score (nSPS) is 17.0. The predicted octanol–water partition coefficient (Wildman–Crippen LogP) is 14.1. The average Bonchev–Trinajstić information content (AvgIpc) is 3.78. The summed E-state index contributed by atoms with van der Waals surface area (Å²) in [6, 6.07) is 43.9. The van der Waals surface area contributed by atoms with Gasteiger partial charge in [0.15, 0.2) is 0 Å². The fourth-order valence-corrected chi connectivity index (χ4v) is 13.2. The van der Waals surface area contributed by atoms with Crippen molar-refractivity contribution in [1.82, 2.24) is 0 Å². The van der Waals surface area contributed by atoms with E-state index in [-0.39, 0.29) is 35.6 Å². The number of aryl methyl sites for hydroxylation is 4. The summed E-state index contributed by atoms with van der Waals surface area (Å²) in [6.45, 7) is 33.1. The second-order valence-corrected chi connectivity index (χ2v) is 23.8. The molecule has 0 saturated carbocycles. The van der Waals surface area contributed by atoms with Crippen LogP contribution in [0.5, 0.6) is 0 Å². The molecule has 6 aliphatic rings. The quantitative estimate of drug-likeness (QED) is 0.141. The Kier molecular flexibility index (Phi) is 7.57. The Morgan fingerprint density at radius 3 is 1.05 bits per heavy atom. The summed E-state index contributed by atoms with van der Waals surface area (Å²) in [6.07, 6.45) is 0. The first-order valence-corrected chi connectivity index (χ1v) is 24.3. The van der Waals surface area contributed by atoms with Crippen LogP contribution in [0.3, 0.4) is 0 Å². The summed E-state index contributed by atoms with van der Waals surface area (Å²) in [5, 5.41) is 0. The van der Waals surface area contributed by atoms with Gasteiger partial charge in [0, 0.05) is 55.8 Å². The van der Waals surface area contributed by atoms with E-state index in [1.54, 1.807) is 0 Å². The second kappa shape index (κ2) is 12.4. The predicted molar refractivity (Wildman–Crippen MR) is 283 cm³/mol. The van der Waals surface area contributed by atoms with Gasteiger partial charge in [0.05, 0.1) is 22.7 Å². The first-order valence-electron chi connectivity index (χ1n) is 24.3. The van der Waals surface area contributed by atoms with E-state index < -0.39 is 0 Å². The molecule has 0 saturated heterocycles. The summed E-state index contributed by atoms with van der Waals surface area (Å²) in [5.41, 5.74) is 31.5. The van der Waals surface area contributed by atoms with Gasteiger partial charge < -0.3 is 19.2 Å². The molecule has 6 heteroatoms. The number of hydrogen-bond acceptors (Lipinski definition) is 4. The zero-order chi connectivity index (χ0) is 46.0. The van der Waals surface area contributed by atoms with Gasteiger partial charge in [-0.2, -0.15) is 0 Å². The van der Waals surface area contributed by atoms with Crippen LogP contribution in [0.15, 0.2) is 109 Å². The fraction of sp³-hybridized carbons (Fsp3) is 0.300. The van der Waals surface area contributed by atoms with Gasteiger partial charge in [-0.3, -0.25) is 0 Å². The summed E-state index contributed by atoms with van der Waals surface area (Å²) in [7, 11) is 0. The van der Waals surface area contributed by atoms with Crippen LogP contribution in [-0.2, 0) is 21.7 Å². The molecule has 6 heterocycles. The summed E-state index contributed by atoms with van der Waals surface area (Å²) >= 11 is 0. The molecule has 0 bridgehead atoms. The van der Waals surface area contributed by atoms with E-state index in [0.717, 1.165) is 0 Å². The van der Waals surface area contributed by atoms with Crippen LogP contribution in [0.2, 0.25) is 0 Å². The topological polar surface area (TPSA) is 13.0 Å². The number of anilines is 8. The number of fused-ring (bicyclic) bond motifs is 22. The molecule has 66 heavy (non-hydrogen) atoms. The Hall–Kier alpha value is -6.13. The first kappa shape index (κ1) is 40.2. The molecule has 6 aliphatic heterocycles. The SMILES string of the molecule is Cc1ccc2c(c1)-c1cc(C(C)(C)C)ccc1N1B2N2c3ccc(C)cc3C(C)(C)c3c4c5c(c1c32)C(C)(C)c1cc(C)ccc1N5B1c2ccc(C)cc2-c2cc(C(C)(C)C)ccc2N14. The number of nitrogens with zero attached hydrogens (tertiary/aromatic N) is 4. The molecule has 0 radical (unpaired) electrons. The standard InChI is InChI=1S/C60H60B2N4/c1-33-15-21-45-39(27-33)41-31-37(57(5,6)7)19-25-47(41)63-53-51-56-54(52-55(53)65(61(45)63)49-23-17-35(3)29-43(49)59(52,11)12)64-48-26-20-38(58(8,9)10)32-42(48)40-28-34(2)16-22-46(40)62(64)66(56)50-24-18-36(4)30-44(50)60(51,13)14/h15-32H,1-14H3. The van der Waals surface area contributed by atoms with Crippen molar-refractivity contribution in [1.29, 1.82) is 0 Å². The maximum atomic E-state index is 2.80. The lowest BCUT2D eigenvalue weighted by molar-refractivity contribution is 0.590. The van der Waals surface area contributed by atoms with Gasteiger partial charge in [0.1, 0.15) is 0 Å². The van der Waals surface area contributed by atoms with Crippen molar-refractivity contribution in [2.75, 3.05) is 19.2 Å². The third-order valence-corrected chi connectivity index (χ3v) is 16.6. The minimum absolute atomic E-state index is 0.00210. The molecular formula is C60H60B2N4. The molecule has 0 unspecified atom stereocenters. The minimum atomic E-state index is -0.354. The van der Waals surface area contributed by atoms with E-state index in [1.807, 2.05) is 0 Å². The molecule has 13 rings (SSSR count). The molecule has 7 aromatic carbocycles. The van der Waals surface area contributed by atoms with Crippen molar-refractivity contribution >= 4 is 70.4 Å². The van der Waals surface area contributed by atoms with E-state index in [0.29, 0.717) is 0 Å². The lowest BCUT2D eigenvalue weighted by atomic mass is 9.57. The Balaban J connectivity index is 1.24. The van der Waals surface area contributed by atoms with Crippen molar-refractivity contribution in [3.05, 3.63) is 165 Å². The summed E-state index contributed by atoms with van der Waals surface area (Å²) in [4.78, 5) is 11.2. The van der Waals surface area contributed by atoms with Gasteiger partial charge in [0.25, 0.3) is 0 Å². The van der Waals surface area contributed by atoms with Crippen LogP contribution >= 0.6 is 0 Å². The van der Waals surface area contributed by atoms with E-state index in [9.17, 15) is 0 Å². The Morgan fingerprint density at radius 1 is 0.364 bits per heavy atom. The van der Waals surface area contributed by atoms with E-state index in [4.69, 9.17) is 0 Å². The fourth-order valence-electron chi connectivity index (χ4n) is 13.2. The highest BCUT2D eigenvalue weighted by molar-refractivity contribution is 6.88. The molecule has 0 N–H and O–H groups in total. The molecule has 326 valence electrons. The molecule has 0 fully saturated rings. The average molecular weight is 859 g/mol. The highest BCUT2D eigenvalue weighted by Gasteiger charge is 2.62. The van der Waals surface area contributed by atoms with Gasteiger partial charge in [-0.1, -0.05) is 164 Å². The lowest BCUT2D eigenvalue weighted by Gasteiger charge is -2.46. The maximum absolute atomic E-state index is 2.80. The zero-order valence-corrected chi connectivity index (χ0v) is 41.3. The Morgan fingerprint density at radius 2 is 0.682 bits per heavy atom. The van der Waals surface area contributed by atoms with E-state index in [2.05, 4.69) is 225 Å². The largest absolute Gasteiger partial charge is 0.421 e. The van der Waals surface area contributed by atoms with Crippen LogP contribution < -0.4 is 30.2 Å². The summed E-state index contributed by atoms with van der Waals surface area (Å²) < 4.78 is 0. The smallest absolute Gasteiger partial charge is 0.359 e. The monoisotopic (exact) mass is 859 g/mol. The highest BCUT2D eigenvalue weighted by atomic mass is 15.4. The molecule has 0 atom stereocenters. The third kappa shape index (κ3) is 4.88. The zero-order valence-electron chi connectivity index (χ0n) is 41.3. The van der Waals surface area contributed by atoms with Crippen molar-refractivity contribution < 1.29 is 0 Å². The van der Waals surface area contributed by atoms with Crippen LogP contribution in [0, 0.1) is 27.7 Å². The van der Waals surface area contributed by atoms with Gasteiger partial charge in [-0.15, -0.1) is 0 Å². The first-order chi connectivity index (χ1) is 31.2. The Labute approximate surface area is 393 Å². The number of benzene rings is 7. The molecule has 4 nitrogen and oxygen atoms in total. The molecule has 0 aromatic heterocycles. The van der Waals surface area contributed by atoms with Crippen LogP contribution in [-0.4, -0.2) is 14.0 Å². The van der Waals surface area contributed by atoms with Crippen LogP contribution in [0.1, 0.15) is 125 Å². The molecule has 0 amide bonds. The highest BCUT2D eigenvalue weighted by Crippen LogP contribution is 2.72. The van der Waals surface area contributed by atoms with Crippen molar-refractivity contribution in [3.8, 4) is 22.3 Å². The van der Waals surface area contributed by atoms with Crippen molar-refractivity contribution in [2.24, 2.45) is 0 Å². The van der Waals surface area contributed by atoms with Gasteiger partial charge in [-0.05, 0) is 119 Å². The van der Waals surface area contributed by atoms with Crippen LogP contribution in [0.25, 0.3) is 22.3 Å². The molecular weight excluding hydrogens is 798 g/mol. The van der Waals surface area contributed by atoms with Crippen molar-refractivity contribution in [2.45, 2.75) is 119 Å². The molecule has 0 spiro atoms.